The van der Waals surface area contributed by atoms with Crippen molar-refractivity contribution >= 4 is 5.82 Å². The number of nitrogens with two attached hydrogens (primary N) is 1. The maximum atomic E-state index is 5.94. The van der Waals surface area contributed by atoms with Gasteiger partial charge in [0, 0.05) is 6.42 Å². The van der Waals surface area contributed by atoms with Crippen LogP contribution in [-0.2, 0) is 6.42 Å². The Morgan fingerprint density at radius 3 is 2.47 bits per heavy atom. The summed E-state index contributed by atoms with van der Waals surface area (Å²) in [7, 11) is 0. The molecule has 0 saturated heterocycles. The third-order valence-electron chi connectivity index (χ3n) is 3.41. The average molecular weight is 258 g/mol. The van der Waals surface area contributed by atoms with Gasteiger partial charge < -0.3 is 10.3 Å². The zero-order valence-electron chi connectivity index (χ0n) is 11.9. The molecule has 0 amide bonds. The van der Waals surface area contributed by atoms with Gasteiger partial charge in [0.1, 0.15) is 5.76 Å². The molecule has 0 aliphatic rings. The van der Waals surface area contributed by atoms with Gasteiger partial charge in [0.2, 0.25) is 0 Å². The largest absolute Gasteiger partial charge is 0.380 e. The van der Waals surface area contributed by atoms with Crippen LogP contribution in [0.15, 0.2) is 28.8 Å². The minimum absolute atomic E-state index is 0.489. The third-order valence-corrected chi connectivity index (χ3v) is 3.41. The van der Waals surface area contributed by atoms with Crippen molar-refractivity contribution in [3.05, 3.63) is 35.6 Å². The number of hydrogen-bond acceptors (Lipinski definition) is 3. The molecule has 102 valence electrons. The molecule has 2 N–H and O–H groups in total. The number of benzene rings is 1. The van der Waals surface area contributed by atoms with Gasteiger partial charge in [-0.15, -0.1) is 0 Å². The summed E-state index contributed by atoms with van der Waals surface area (Å²) in [5, 5.41) is 3.91. The predicted octanol–water partition coefficient (Wildman–Crippen LogP) is 4.39. The van der Waals surface area contributed by atoms with Crippen molar-refractivity contribution in [3.8, 4) is 11.1 Å². The molecule has 3 nitrogen and oxygen atoms in total. The van der Waals surface area contributed by atoms with E-state index in [2.05, 4.69) is 50.2 Å². The number of anilines is 1. The van der Waals surface area contributed by atoms with E-state index in [1.165, 1.54) is 5.56 Å². The van der Waals surface area contributed by atoms with Gasteiger partial charge in [0.25, 0.3) is 0 Å². The van der Waals surface area contributed by atoms with Crippen molar-refractivity contribution < 1.29 is 4.52 Å². The summed E-state index contributed by atoms with van der Waals surface area (Å²) >= 11 is 0. The van der Waals surface area contributed by atoms with Crippen molar-refractivity contribution in [2.75, 3.05) is 5.73 Å². The average Bonchev–Trinajstić information content (AvgIpc) is 2.77. The molecule has 0 atom stereocenters. The maximum absolute atomic E-state index is 5.94. The van der Waals surface area contributed by atoms with Gasteiger partial charge in [-0.1, -0.05) is 56.6 Å². The number of unbranched alkanes of at least 4 members (excludes halogenated alkanes) is 1. The van der Waals surface area contributed by atoms with E-state index in [0.29, 0.717) is 11.7 Å². The van der Waals surface area contributed by atoms with Crippen LogP contribution < -0.4 is 5.73 Å². The van der Waals surface area contributed by atoms with E-state index < -0.39 is 0 Å². The number of rotatable bonds is 5. The SMILES string of the molecule is CCCCc1onc(N)c1-c1ccc(C(C)C)cc1. The van der Waals surface area contributed by atoms with Gasteiger partial charge in [-0.05, 0) is 23.5 Å². The summed E-state index contributed by atoms with van der Waals surface area (Å²) in [6.45, 7) is 6.54. The lowest BCUT2D eigenvalue weighted by Gasteiger charge is -2.07. The predicted molar refractivity (Wildman–Crippen MR) is 79.1 cm³/mol. The first kappa shape index (κ1) is 13.7. The molecule has 0 aliphatic carbocycles. The van der Waals surface area contributed by atoms with E-state index in [4.69, 9.17) is 10.3 Å². The lowest BCUT2D eigenvalue weighted by atomic mass is 9.98. The fourth-order valence-corrected chi connectivity index (χ4v) is 2.19. The van der Waals surface area contributed by atoms with E-state index >= 15 is 0 Å². The highest BCUT2D eigenvalue weighted by Crippen LogP contribution is 2.31. The van der Waals surface area contributed by atoms with Crippen molar-refractivity contribution in [2.24, 2.45) is 0 Å². The van der Waals surface area contributed by atoms with Crippen LogP contribution in [0.1, 0.15) is 50.9 Å². The smallest absolute Gasteiger partial charge is 0.175 e. The monoisotopic (exact) mass is 258 g/mol. The summed E-state index contributed by atoms with van der Waals surface area (Å²) in [6.07, 6.45) is 3.11. The molecule has 1 heterocycles. The number of nitrogens with zero attached hydrogens (tertiary/aromatic N) is 1. The minimum atomic E-state index is 0.489. The van der Waals surface area contributed by atoms with Crippen molar-refractivity contribution in [1.82, 2.24) is 5.16 Å². The Labute approximate surface area is 114 Å². The van der Waals surface area contributed by atoms with Crippen molar-refractivity contribution in [2.45, 2.75) is 46.0 Å². The molecule has 2 aromatic rings. The van der Waals surface area contributed by atoms with E-state index in [0.717, 1.165) is 36.1 Å². The van der Waals surface area contributed by atoms with Gasteiger partial charge in [-0.2, -0.15) is 0 Å². The Morgan fingerprint density at radius 1 is 1.21 bits per heavy atom. The second kappa shape index (κ2) is 5.91. The molecular formula is C16H22N2O. The molecule has 0 aliphatic heterocycles. The molecule has 2 rings (SSSR count). The van der Waals surface area contributed by atoms with E-state index in [1.807, 2.05) is 0 Å². The molecule has 3 heteroatoms. The second-order valence-corrected chi connectivity index (χ2v) is 5.25. The Bertz CT molecular complexity index is 526. The maximum Gasteiger partial charge on any atom is 0.175 e. The fourth-order valence-electron chi connectivity index (χ4n) is 2.19. The van der Waals surface area contributed by atoms with Gasteiger partial charge in [-0.3, -0.25) is 0 Å². The summed E-state index contributed by atoms with van der Waals surface area (Å²) in [5.74, 6) is 1.92. The zero-order valence-corrected chi connectivity index (χ0v) is 11.9. The summed E-state index contributed by atoms with van der Waals surface area (Å²) < 4.78 is 5.35. The molecule has 0 fully saturated rings. The number of hydrogen-bond donors (Lipinski definition) is 1. The van der Waals surface area contributed by atoms with Gasteiger partial charge in [0.15, 0.2) is 5.82 Å². The van der Waals surface area contributed by atoms with Crippen LogP contribution in [-0.4, -0.2) is 5.16 Å². The highest BCUT2D eigenvalue weighted by Gasteiger charge is 2.15. The number of aryl methyl sites for hydroxylation is 1. The molecule has 19 heavy (non-hydrogen) atoms. The van der Waals surface area contributed by atoms with Crippen LogP contribution in [0.25, 0.3) is 11.1 Å². The minimum Gasteiger partial charge on any atom is -0.380 e. The Kier molecular flexibility index (Phi) is 4.25. The molecule has 0 bridgehead atoms. The molecule has 0 unspecified atom stereocenters. The highest BCUT2D eigenvalue weighted by atomic mass is 16.5. The van der Waals surface area contributed by atoms with Crippen LogP contribution in [0.4, 0.5) is 5.82 Å². The Hall–Kier alpha value is -1.77. The molecule has 0 radical (unpaired) electrons. The molecule has 1 aromatic heterocycles. The zero-order chi connectivity index (χ0) is 13.8. The first-order chi connectivity index (χ1) is 9.13. The van der Waals surface area contributed by atoms with Gasteiger partial charge in [0.05, 0.1) is 5.56 Å². The highest BCUT2D eigenvalue weighted by molar-refractivity contribution is 5.75. The van der Waals surface area contributed by atoms with Crippen molar-refractivity contribution in [3.63, 3.8) is 0 Å². The summed E-state index contributed by atoms with van der Waals surface area (Å²) in [4.78, 5) is 0. The quantitative estimate of drug-likeness (QED) is 0.865. The van der Waals surface area contributed by atoms with E-state index in [-0.39, 0.29) is 0 Å². The third kappa shape index (κ3) is 2.98. The first-order valence-electron chi connectivity index (χ1n) is 6.97. The lowest BCUT2D eigenvalue weighted by molar-refractivity contribution is 0.383. The van der Waals surface area contributed by atoms with Crippen molar-refractivity contribution in [1.29, 1.82) is 0 Å². The first-order valence-corrected chi connectivity index (χ1v) is 6.97. The van der Waals surface area contributed by atoms with E-state index in [9.17, 15) is 0 Å². The summed E-state index contributed by atoms with van der Waals surface area (Å²) in [6, 6.07) is 8.51. The van der Waals surface area contributed by atoms with Crippen LogP contribution >= 0.6 is 0 Å². The van der Waals surface area contributed by atoms with Crippen LogP contribution in [0.5, 0.6) is 0 Å². The Balaban J connectivity index is 2.32. The van der Waals surface area contributed by atoms with Crippen LogP contribution in [0, 0.1) is 0 Å². The topological polar surface area (TPSA) is 52.0 Å². The number of aromatic nitrogens is 1. The second-order valence-electron chi connectivity index (χ2n) is 5.25. The van der Waals surface area contributed by atoms with E-state index in [1.54, 1.807) is 0 Å². The molecule has 1 aromatic carbocycles. The molecular weight excluding hydrogens is 236 g/mol. The normalized spacial score (nSPS) is 11.2. The molecule has 0 spiro atoms. The van der Waals surface area contributed by atoms with Crippen LogP contribution in [0.2, 0.25) is 0 Å². The van der Waals surface area contributed by atoms with Crippen LogP contribution in [0.3, 0.4) is 0 Å². The summed E-state index contributed by atoms with van der Waals surface area (Å²) in [5.41, 5.74) is 9.32. The van der Waals surface area contributed by atoms with Gasteiger partial charge >= 0.3 is 0 Å². The standard InChI is InChI=1S/C16H22N2O/c1-4-5-6-14-15(16(17)18-19-14)13-9-7-12(8-10-13)11(2)3/h7-11H,4-6H2,1-3H3,(H2,17,18). The lowest BCUT2D eigenvalue weighted by Crippen LogP contribution is -1.92. The van der Waals surface area contributed by atoms with Gasteiger partial charge in [-0.25, -0.2) is 0 Å². The molecule has 0 saturated carbocycles. The number of nitrogen functional groups attached to an aromatic ring is 1. The fraction of sp³-hybridized carbons (Fsp3) is 0.438. The Morgan fingerprint density at radius 2 is 1.89 bits per heavy atom.